The van der Waals surface area contributed by atoms with Crippen molar-refractivity contribution >= 4 is 21.1 Å². The molecule has 10 heteroatoms. The fraction of sp³-hybridized carbons (Fsp3) is 0.136. The molecule has 166 valence electrons. The molecular weight excluding hydrogens is 443 g/mol. The van der Waals surface area contributed by atoms with Gasteiger partial charge in [-0.25, -0.2) is 18.1 Å². The second-order valence-corrected chi connectivity index (χ2v) is 8.79. The zero-order chi connectivity index (χ0) is 22.9. The van der Waals surface area contributed by atoms with E-state index in [2.05, 4.69) is 14.7 Å². The summed E-state index contributed by atoms with van der Waals surface area (Å²) < 4.78 is 71.1. The molecular formula is C22H18F3N3O3S. The van der Waals surface area contributed by atoms with Gasteiger partial charge >= 0.3 is 6.18 Å². The number of hydrogen-bond donors (Lipinski definition) is 2. The number of aromatic amines is 1. The molecule has 1 aromatic heterocycles. The van der Waals surface area contributed by atoms with Gasteiger partial charge in [-0.05, 0) is 49.0 Å². The summed E-state index contributed by atoms with van der Waals surface area (Å²) in [5.74, 6) is 0.498. The van der Waals surface area contributed by atoms with Gasteiger partial charge in [-0.1, -0.05) is 30.3 Å². The van der Waals surface area contributed by atoms with Gasteiger partial charge in [0.25, 0.3) is 0 Å². The number of ether oxygens (including phenoxy) is 1. The molecule has 6 nitrogen and oxygen atoms in total. The normalized spacial score (nSPS) is 12.2. The highest BCUT2D eigenvalue weighted by atomic mass is 32.2. The lowest BCUT2D eigenvalue weighted by atomic mass is 10.1. The summed E-state index contributed by atoms with van der Waals surface area (Å²) in [6.45, 7) is -0.0595. The monoisotopic (exact) mass is 461 g/mol. The first-order valence-electron chi connectivity index (χ1n) is 9.49. The molecule has 0 saturated heterocycles. The lowest BCUT2D eigenvalue weighted by Gasteiger charge is -2.09. The number of benzene rings is 3. The molecule has 0 saturated carbocycles. The molecule has 0 bridgehead atoms. The number of aromatic nitrogens is 2. The van der Waals surface area contributed by atoms with Crippen molar-refractivity contribution in [3.05, 3.63) is 78.1 Å². The number of fused-ring (bicyclic) bond motifs is 1. The van der Waals surface area contributed by atoms with E-state index in [9.17, 15) is 21.6 Å². The Morgan fingerprint density at radius 1 is 1.03 bits per heavy atom. The van der Waals surface area contributed by atoms with E-state index in [1.54, 1.807) is 36.4 Å². The molecule has 0 aliphatic rings. The van der Waals surface area contributed by atoms with E-state index in [4.69, 9.17) is 4.74 Å². The van der Waals surface area contributed by atoms with Crippen molar-refractivity contribution in [1.82, 2.24) is 14.7 Å². The van der Waals surface area contributed by atoms with Gasteiger partial charge in [0.1, 0.15) is 18.2 Å². The number of nitrogens with zero attached hydrogens (tertiary/aromatic N) is 1. The average molecular weight is 461 g/mol. The molecule has 0 fully saturated rings. The second-order valence-electron chi connectivity index (χ2n) is 6.93. The minimum atomic E-state index is -4.45. The highest BCUT2D eigenvalue weighted by Crippen LogP contribution is 2.32. The van der Waals surface area contributed by atoms with Crippen LogP contribution in [0.1, 0.15) is 11.4 Å². The van der Waals surface area contributed by atoms with Crippen LogP contribution < -0.4 is 9.46 Å². The van der Waals surface area contributed by atoms with Crippen molar-refractivity contribution in [3.63, 3.8) is 0 Å². The average Bonchev–Trinajstić information content (AvgIpc) is 3.19. The van der Waals surface area contributed by atoms with E-state index in [0.717, 1.165) is 12.1 Å². The van der Waals surface area contributed by atoms with Crippen LogP contribution in [-0.2, 0) is 22.8 Å². The molecule has 1 heterocycles. The maximum absolute atomic E-state index is 12.9. The lowest BCUT2D eigenvalue weighted by Crippen LogP contribution is -2.19. The highest BCUT2D eigenvalue weighted by Gasteiger charge is 2.30. The third-order valence-corrected chi connectivity index (χ3v) is 6.30. The first kappa shape index (κ1) is 21.8. The summed E-state index contributed by atoms with van der Waals surface area (Å²) in [4.78, 5) is 7.63. The first-order valence-corrected chi connectivity index (χ1v) is 11.0. The molecule has 0 amide bonds. The van der Waals surface area contributed by atoms with Crippen LogP contribution in [0.5, 0.6) is 5.75 Å². The number of nitrogens with one attached hydrogen (secondary N) is 2. The Labute approximate surface area is 182 Å². The Morgan fingerprint density at radius 3 is 2.56 bits per heavy atom. The molecule has 32 heavy (non-hydrogen) atoms. The number of H-pyrrole nitrogens is 1. The van der Waals surface area contributed by atoms with E-state index >= 15 is 0 Å². The summed E-state index contributed by atoms with van der Waals surface area (Å²) in [7, 11) is -2.31. The summed E-state index contributed by atoms with van der Waals surface area (Å²) in [6, 6.07) is 16.5. The zero-order valence-electron chi connectivity index (χ0n) is 16.8. The second kappa shape index (κ2) is 8.29. The number of hydrogen-bond acceptors (Lipinski definition) is 4. The van der Waals surface area contributed by atoms with Crippen LogP contribution in [0.15, 0.2) is 71.6 Å². The Hall–Kier alpha value is -3.37. The van der Waals surface area contributed by atoms with Crippen molar-refractivity contribution in [2.24, 2.45) is 0 Å². The number of alkyl halides is 3. The first-order chi connectivity index (χ1) is 15.2. The van der Waals surface area contributed by atoms with E-state index in [1.165, 1.54) is 25.2 Å². The minimum absolute atomic E-state index is 0.0595. The molecule has 2 N–H and O–H groups in total. The molecule has 4 aromatic rings. The summed E-state index contributed by atoms with van der Waals surface area (Å²) in [6.07, 6.45) is -4.45. The van der Waals surface area contributed by atoms with Crippen molar-refractivity contribution in [2.75, 3.05) is 7.05 Å². The van der Waals surface area contributed by atoms with Crippen LogP contribution in [0.3, 0.4) is 0 Å². The fourth-order valence-corrected chi connectivity index (χ4v) is 4.21. The van der Waals surface area contributed by atoms with Gasteiger partial charge in [0, 0.05) is 5.56 Å². The highest BCUT2D eigenvalue weighted by molar-refractivity contribution is 7.89. The predicted octanol–water partition coefficient (Wildman–Crippen LogP) is 4.74. The van der Waals surface area contributed by atoms with Crippen molar-refractivity contribution in [2.45, 2.75) is 17.7 Å². The molecule has 3 aromatic carbocycles. The Bertz CT molecular complexity index is 1380. The fourth-order valence-electron chi connectivity index (χ4n) is 3.26. The van der Waals surface area contributed by atoms with Crippen LogP contribution in [-0.4, -0.2) is 25.4 Å². The van der Waals surface area contributed by atoms with Crippen molar-refractivity contribution in [3.8, 4) is 16.9 Å². The third kappa shape index (κ3) is 4.46. The molecule has 4 rings (SSSR count). The SMILES string of the molecule is CNS(=O)(=O)c1ccccc1-c1ccc2[nH]c(COc3cccc(C(F)(F)F)c3)nc2c1. The molecule has 0 radical (unpaired) electrons. The maximum atomic E-state index is 12.9. The Balaban J connectivity index is 1.60. The molecule has 0 aliphatic carbocycles. The summed E-state index contributed by atoms with van der Waals surface area (Å²) in [5.41, 5.74) is 1.64. The maximum Gasteiger partial charge on any atom is 0.416 e. The van der Waals surface area contributed by atoms with Gasteiger partial charge in [0.05, 0.1) is 21.5 Å². The van der Waals surface area contributed by atoms with E-state index in [0.29, 0.717) is 28.0 Å². The van der Waals surface area contributed by atoms with Gasteiger partial charge in [-0.2, -0.15) is 13.2 Å². The third-order valence-electron chi connectivity index (χ3n) is 4.83. The van der Waals surface area contributed by atoms with Crippen LogP contribution in [0.2, 0.25) is 0 Å². The predicted molar refractivity (Wildman–Crippen MR) is 114 cm³/mol. The van der Waals surface area contributed by atoms with Crippen molar-refractivity contribution in [1.29, 1.82) is 0 Å². The Kier molecular flexibility index (Phi) is 5.66. The Morgan fingerprint density at radius 2 is 1.81 bits per heavy atom. The largest absolute Gasteiger partial charge is 0.486 e. The lowest BCUT2D eigenvalue weighted by molar-refractivity contribution is -0.137. The number of sulfonamides is 1. The van der Waals surface area contributed by atoms with E-state index in [-0.39, 0.29) is 17.3 Å². The zero-order valence-corrected chi connectivity index (χ0v) is 17.6. The van der Waals surface area contributed by atoms with Crippen LogP contribution in [0.25, 0.3) is 22.2 Å². The van der Waals surface area contributed by atoms with Gasteiger partial charge in [0.2, 0.25) is 10.0 Å². The van der Waals surface area contributed by atoms with Crippen molar-refractivity contribution < 1.29 is 26.3 Å². The van der Waals surface area contributed by atoms with Gasteiger partial charge in [0.15, 0.2) is 0 Å². The summed E-state index contributed by atoms with van der Waals surface area (Å²) in [5, 5.41) is 0. The number of rotatable bonds is 6. The van der Waals surface area contributed by atoms with Gasteiger partial charge in [-0.15, -0.1) is 0 Å². The minimum Gasteiger partial charge on any atom is -0.486 e. The van der Waals surface area contributed by atoms with Gasteiger partial charge < -0.3 is 9.72 Å². The van der Waals surface area contributed by atoms with E-state index in [1.807, 2.05) is 0 Å². The van der Waals surface area contributed by atoms with Crippen LogP contribution in [0.4, 0.5) is 13.2 Å². The van der Waals surface area contributed by atoms with Gasteiger partial charge in [-0.3, -0.25) is 0 Å². The number of imidazole rings is 1. The molecule has 0 unspecified atom stereocenters. The van der Waals surface area contributed by atoms with E-state index < -0.39 is 21.8 Å². The number of halogens is 3. The summed E-state index contributed by atoms with van der Waals surface area (Å²) >= 11 is 0. The molecule has 0 spiro atoms. The van der Waals surface area contributed by atoms with Crippen LogP contribution in [0, 0.1) is 0 Å². The smallest absolute Gasteiger partial charge is 0.416 e. The molecule has 0 atom stereocenters. The topological polar surface area (TPSA) is 84.1 Å². The standard InChI is InChI=1S/C22H18F3N3O3S/c1-26-32(29,30)20-8-3-2-7-17(20)14-9-10-18-19(11-14)28-21(27-18)13-31-16-6-4-5-15(12-16)22(23,24)25/h2-12,26H,13H2,1H3,(H,27,28). The van der Waals surface area contributed by atoms with Crippen LogP contribution >= 0.6 is 0 Å². The molecule has 0 aliphatic heterocycles. The quantitative estimate of drug-likeness (QED) is 0.435.